The molecule has 1 atom stereocenters. The lowest BCUT2D eigenvalue weighted by molar-refractivity contribution is -0.121. The summed E-state index contributed by atoms with van der Waals surface area (Å²) in [7, 11) is 0. The van der Waals surface area contributed by atoms with E-state index in [0.29, 0.717) is 19.5 Å². The molecule has 1 aromatic rings. The van der Waals surface area contributed by atoms with Gasteiger partial charge < -0.3 is 25.0 Å². The molecule has 2 aliphatic rings. The van der Waals surface area contributed by atoms with Crippen LogP contribution >= 0.6 is 0 Å². The van der Waals surface area contributed by atoms with Crippen molar-refractivity contribution in [2.45, 2.75) is 25.4 Å². The van der Waals surface area contributed by atoms with Gasteiger partial charge in [0.2, 0.25) is 5.91 Å². The van der Waals surface area contributed by atoms with E-state index < -0.39 is 0 Å². The van der Waals surface area contributed by atoms with Crippen molar-refractivity contribution in [1.82, 2.24) is 5.32 Å². The zero-order chi connectivity index (χ0) is 16.6. The number of ether oxygens (including phenoxy) is 2. The third-order valence-electron chi connectivity index (χ3n) is 4.47. The molecule has 0 radical (unpaired) electrons. The van der Waals surface area contributed by atoms with Crippen LogP contribution in [-0.2, 0) is 14.3 Å². The Bertz CT molecular complexity index is 526. The largest absolute Gasteiger partial charge is 0.383 e. The average molecular weight is 333 g/mol. The Balaban J connectivity index is 1.43. The Labute approximate surface area is 143 Å². The summed E-state index contributed by atoms with van der Waals surface area (Å²) in [5.41, 5.74) is 2.26. The van der Waals surface area contributed by atoms with E-state index in [1.807, 2.05) is 12.1 Å². The SMILES string of the molecule is O=C(CCNc1ccccc1N1CCOCC1)NCC1CCCO1. The number of nitrogens with zero attached hydrogens (tertiary/aromatic N) is 1. The molecule has 0 saturated carbocycles. The molecule has 2 heterocycles. The summed E-state index contributed by atoms with van der Waals surface area (Å²) in [6.07, 6.45) is 2.81. The van der Waals surface area contributed by atoms with Crippen molar-refractivity contribution >= 4 is 17.3 Å². The molecule has 2 aliphatic heterocycles. The molecule has 1 amide bonds. The number of hydrogen-bond donors (Lipinski definition) is 2. The van der Waals surface area contributed by atoms with Crippen LogP contribution in [0.15, 0.2) is 24.3 Å². The van der Waals surface area contributed by atoms with E-state index in [-0.39, 0.29) is 12.0 Å². The van der Waals surface area contributed by atoms with Gasteiger partial charge in [0.15, 0.2) is 0 Å². The zero-order valence-electron chi connectivity index (χ0n) is 14.1. The van der Waals surface area contributed by atoms with Gasteiger partial charge in [-0.1, -0.05) is 12.1 Å². The van der Waals surface area contributed by atoms with Crippen LogP contribution in [0.4, 0.5) is 11.4 Å². The zero-order valence-corrected chi connectivity index (χ0v) is 14.1. The fraction of sp³-hybridized carbons (Fsp3) is 0.611. The molecule has 1 unspecified atom stereocenters. The molecule has 2 fully saturated rings. The third kappa shape index (κ3) is 4.85. The lowest BCUT2D eigenvalue weighted by Gasteiger charge is -2.30. The van der Waals surface area contributed by atoms with Crippen molar-refractivity contribution in [1.29, 1.82) is 0 Å². The molecular formula is C18H27N3O3. The molecule has 132 valence electrons. The van der Waals surface area contributed by atoms with Gasteiger partial charge in [-0.3, -0.25) is 4.79 Å². The normalized spacial score (nSPS) is 20.8. The van der Waals surface area contributed by atoms with Crippen LogP contribution in [0.5, 0.6) is 0 Å². The Kier molecular flexibility index (Phi) is 6.32. The van der Waals surface area contributed by atoms with Crippen LogP contribution in [0.2, 0.25) is 0 Å². The number of hydrogen-bond acceptors (Lipinski definition) is 5. The molecule has 6 nitrogen and oxygen atoms in total. The van der Waals surface area contributed by atoms with Gasteiger partial charge in [0, 0.05) is 39.2 Å². The minimum absolute atomic E-state index is 0.0712. The Hall–Kier alpha value is -1.79. The van der Waals surface area contributed by atoms with Crippen LogP contribution in [0.3, 0.4) is 0 Å². The highest BCUT2D eigenvalue weighted by Crippen LogP contribution is 2.26. The van der Waals surface area contributed by atoms with Crippen molar-refractivity contribution < 1.29 is 14.3 Å². The van der Waals surface area contributed by atoms with Gasteiger partial charge in [0.25, 0.3) is 0 Å². The van der Waals surface area contributed by atoms with E-state index in [2.05, 4.69) is 27.7 Å². The Morgan fingerprint density at radius 3 is 2.83 bits per heavy atom. The lowest BCUT2D eigenvalue weighted by Crippen LogP contribution is -2.36. The fourth-order valence-corrected chi connectivity index (χ4v) is 3.14. The number of amides is 1. The van der Waals surface area contributed by atoms with E-state index in [4.69, 9.17) is 9.47 Å². The first-order chi connectivity index (χ1) is 11.8. The molecule has 2 N–H and O–H groups in total. The lowest BCUT2D eigenvalue weighted by atomic mass is 10.2. The van der Waals surface area contributed by atoms with Crippen molar-refractivity contribution in [2.24, 2.45) is 0 Å². The highest BCUT2D eigenvalue weighted by molar-refractivity contribution is 5.77. The maximum Gasteiger partial charge on any atom is 0.221 e. The topological polar surface area (TPSA) is 62.8 Å². The molecule has 0 spiro atoms. The van der Waals surface area contributed by atoms with Crippen LogP contribution in [0.1, 0.15) is 19.3 Å². The first-order valence-corrected chi connectivity index (χ1v) is 8.87. The smallest absolute Gasteiger partial charge is 0.221 e. The highest BCUT2D eigenvalue weighted by Gasteiger charge is 2.16. The van der Waals surface area contributed by atoms with Gasteiger partial charge in [-0.15, -0.1) is 0 Å². The summed E-state index contributed by atoms with van der Waals surface area (Å²) in [5, 5.41) is 6.35. The van der Waals surface area contributed by atoms with Crippen LogP contribution < -0.4 is 15.5 Å². The highest BCUT2D eigenvalue weighted by atomic mass is 16.5. The quantitative estimate of drug-likeness (QED) is 0.794. The van der Waals surface area contributed by atoms with E-state index >= 15 is 0 Å². The van der Waals surface area contributed by atoms with Gasteiger partial charge in [-0.25, -0.2) is 0 Å². The Morgan fingerprint density at radius 1 is 1.21 bits per heavy atom. The summed E-state index contributed by atoms with van der Waals surface area (Å²) in [6, 6.07) is 8.24. The standard InChI is InChI=1S/C18H27N3O3/c22-18(20-14-15-4-3-11-24-15)7-8-19-16-5-1-2-6-17(16)21-9-12-23-13-10-21/h1-2,5-6,15,19H,3-4,7-14H2,(H,20,22). The maximum atomic E-state index is 11.9. The number of rotatable bonds is 7. The van der Waals surface area contributed by atoms with Crippen LogP contribution in [0, 0.1) is 0 Å². The van der Waals surface area contributed by atoms with E-state index in [9.17, 15) is 4.79 Å². The fourth-order valence-electron chi connectivity index (χ4n) is 3.14. The first kappa shape index (κ1) is 17.0. The summed E-state index contributed by atoms with van der Waals surface area (Å²) < 4.78 is 10.9. The molecule has 2 saturated heterocycles. The van der Waals surface area contributed by atoms with Crippen molar-refractivity contribution in [3.05, 3.63) is 24.3 Å². The van der Waals surface area contributed by atoms with E-state index in [1.165, 1.54) is 5.69 Å². The summed E-state index contributed by atoms with van der Waals surface area (Å²) in [4.78, 5) is 14.3. The minimum Gasteiger partial charge on any atom is -0.383 e. The second kappa shape index (κ2) is 8.89. The number of carbonyl (C=O) groups is 1. The number of anilines is 2. The van der Waals surface area contributed by atoms with Crippen molar-refractivity contribution in [2.75, 3.05) is 56.2 Å². The number of carbonyl (C=O) groups excluding carboxylic acids is 1. The molecule has 3 rings (SSSR count). The molecular weight excluding hydrogens is 306 g/mol. The average Bonchev–Trinajstić information content (AvgIpc) is 3.15. The maximum absolute atomic E-state index is 11.9. The van der Waals surface area contributed by atoms with Crippen LogP contribution in [-0.4, -0.2) is 58.0 Å². The summed E-state index contributed by atoms with van der Waals surface area (Å²) in [5.74, 6) is 0.0712. The first-order valence-electron chi connectivity index (χ1n) is 8.87. The second-order valence-corrected chi connectivity index (χ2v) is 6.23. The number of morpholine rings is 1. The van der Waals surface area contributed by atoms with E-state index in [0.717, 1.165) is 51.4 Å². The second-order valence-electron chi connectivity index (χ2n) is 6.23. The monoisotopic (exact) mass is 333 g/mol. The van der Waals surface area contributed by atoms with Crippen LogP contribution in [0.25, 0.3) is 0 Å². The Morgan fingerprint density at radius 2 is 2.04 bits per heavy atom. The van der Waals surface area contributed by atoms with E-state index in [1.54, 1.807) is 0 Å². The van der Waals surface area contributed by atoms with Gasteiger partial charge in [0.05, 0.1) is 30.7 Å². The molecule has 0 bridgehead atoms. The molecule has 0 aliphatic carbocycles. The third-order valence-corrected chi connectivity index (χ3v) is 4.47. The van der Waals surface area contributed by atoms with Gasteiger partial charge >= 0.3 is 0 Å². The minimum atomic E-state index is 0.0712. The summed E-state index contributed by atoms with van der Waals surface area (Å²) >= 11 is 0. The summed E-state index contributed by atoms with van der Waals surface area (Å²) in [6.45, 7) is 5.41. The van der Waals surface area contributed by atoms with Crippen molar-refractivity contribution in [3.63, 3.8) is 0 Å². The molecule has 0 aromatic heterocycles. The number of benzene rings is 1. The molecule has 1 aromatic carbocycles. The predicted molar refractivity (Wildman–Crippen MR) is 94.6 cm³/mol. The van der Waals surface area contributed by atoms with Gasteiger partial charge in [-0.05, 0) is 25.0 Å². The number of nitrogens with one attached hydrogen (secondary N) is 2. The number of para-hydroxylation sites is 2. The molecule has 24 heavy (non-hydrogen) atoms. The molecule has 6 heteroatoms. The predicted octanol–water partition coefficient (Wildman–Crippen LogP) is 1.62. The van der Waals surface area contributed by atoms with Gasteiger partial charge in [-0.2, -0.15) is 0 Å². The van der Waals surface area contributed by atoms with Crippen molar-refractivity contribution in [3.8, 4) is 0 Å². The van der Waals surface area contributed by atoms with Gasteiger partial charge in [0.1, 0.15) is 0 Å².